The average molecular weight is 1340 g/mol. The highest BCUT2D eigenvalue weighted by Crippen LogP contribution is 2.33. The topological polar surface area (TPSA) is 295 Å². The minimum Gasteiger partial charge on any atom is -0.390 e. The normalized spacial score (nSPS) is 27.5. The first-order valence-corrected chi connectivity index (χ1v) is 34.5. The maximum absolute atomic E-state index is 16.2. The van der Waals surface area contributed by atoms with Crippen molar-refractivity contribution in [3.8, 4) is 0 Å². The molecule has 26 heteroatoms. The van der Waals surface area contributed by atoms with Crippen LogP contribution in [-0.4, -0.2) is 283 Å². The number of carbonyl (C=O) groups excluding carboxylic acids is 11. The number of ether oxygens (including phenoxy) is 1. The molecule has 12 atom stereocenters. The Hall–Kier alpha value is -6.25. The van der Waals surface area contributed by atoms with Gasteiger partial charge in [0.2, 0.25) is 64.8 Å². The van der Waals surface area contributed by atoms with Crippen molar-refractivity contribution in [1.82, 2.24) is 65.4 Å². The Balaban J connectivity index is 3.14. The molecule has 0 aromatic heterocycles. The van der Waals surface area contributed by atoms with E-state index in [1.54, 1.807) is 54.5 Å². The van der Waals surface area contributed by atoms with Gasteiger partial charge in [-0.25, -0.2) is 0 Å². The van der Waals surface area contributed by atoms with E-state index in [1.165, 1.54) is 87.7 Å². The average Bonchev–Trinajstić information content (AvgIpc) is 0.759. The Labute approximate surface area is 569 Å². The van der Waals surface area contributed by atoms with Crippen molar-refractivity contribution >= 4 is 65.0 Å². The van der Waals surface area contributed by atoms with Gasteiger partial charge in [-0.3, -0.25) is 57.6 Å². The fraction of sp³-hybridized carbons (Fsp3) is 0.812. The molecule has 26 nitrogen and oxygen atoms in total. The number of hydrogen-bond acceptors (Lipinski definition) is 15. The lowest BCUT2D eigenvalue weighted by molar-refractivity contribution is -0.209. The second-order valence-corrected chi connectivity index (χ2v) is 29.2. The predicted octanol–water partition coefficient (Wildman–Crippen LogP) is 2.86. The number of aliphatic hydroxyl groups is 1. The largest absolute Gasteiger partial charge is 0.390 e. The van der Waals surface area contributed by atoms with E-state index in [4.69, 9.17) is 4.74 Å². The fourth-order valence-electron chi connectivity index (χ4n) is 12.3. The Morgan fingerprint density at radius 1 is 0.537 bits per heavy atom. The molecule has 544 valence electrons. The van der Waals surface area contributed by atoms with Crippen molar-refractivity contribution < 1.29 is 62.6 Å². The van der Waals surface area contributed by atoms with Crippen molar-refractivity contribution in [2.75, 3.05) is 102 Å². The summed E-state index contributed by atoms with van der Waals surface area (Å²) in [4.78, 5) is 177. The van der Waals surface area contributed by atoms with Gasteiger partial charge in [0.1, 0.15) is 54.4 Å². The van der Waals surface area contributed by atoms with E-state index in [-0.39, 0.29) is 68.8 Å². The lowest BCUT2D eigenvalue weighted by Gasteiger charge is -2.48. The second kappa shape index (κ2) is 38.6. The first-order chi connectivity index (χ1) is 44.0. The molecule has 5 N–H and O–H groups in total. The molecule has 0 aromatic carbocycles. The third-order valence-electron chi connectivity index (χ3n) is 18.6. The fourth-order valence-corrected chi connectivity index (χ4v) is 12.3. The number of amides is 11. The molecule has 0 unspecified atom stereocenters. The molecule has 0 aromatic rings. The van der Waals surface area contributed by atoms with Gasteiger partial charge in [0.15, 0.2) is 0 Å². The molecule has 2 fully saturated rings. The summed E-state index contributed by atoms with van der Waals surface area (Å²) < 4.78 is 6.91. The third-order valence-corrected chi connectivity index (χ3v) is 18.6. The Kier molecular flexibility index (Phi) is 34.5. The number of hydrogen-bond donors (Lipinski definition) is 5. The van der Waals surface area contributed by atoms with Crippen molar-refractivity contribution in [3.05, 3.63) is 12.2 Å². The Bertz CT molecular complexity index is 2610. The van der Waals surface area contributed by atoms with E-state index in [1.807, 2.05) is 68.5 Å². The van der Waals surface area contributed by atoms with E-state index >= 15 is 19.2 Å². The molecule has 2 heterocycles. The minimum absolute atomic E-state index is 0.00817. The van der Waals surface area contributed by atoms with Crippen LogP contribution in [0.4, 0.5) is 0 Å². The molecule has 11 amide bonds. The van der Waals surface area contributed by atoms with Crippen LogP contribution in [0.1, 0.15) is 156 Å². The standard InChI is InChI=1S/C69H125N13O13/c1-26-28-29-47(15)58(84)57-62(88)72-50(27-2)64(90)75(19)40-55(83)76(20)51(36-41(3)4)61(87)73-56(45(11)12)67(93)77(21)52(37-42(5)6)60(86)70-48(16)59(85)71-49(17)63(89)78(22)53(38-43(7)8)65(91)79(23)54(39-44(9)10)66(92)81(25)69(46(13)14,68(94)80(57)24)95-35-34-82-32-30-74(18)31-33-82/h26,28,41-54,56-58,84H,27,29-40H2,1-25H3,(H,70,86)(H,71,85)(H,72,88)(H,73,87)/b28-26+/t47-,48+,49-,50+,51+,52+,53+,54+,56+,57+,58-,69+/m1/s1. The van der Waals surface area contributed by atoms with Crippen LogP contribution in [0, 0.1) is 41.4 Å². The molecule has 0 radical (unpaired) electrons. The Morgan fingerprint density at radius 2 is 1.00 bits per heavy atom. The molecular formula is C69H125N13O13. The van der Waals surface area contributed by atoms with Gasteiger partial charge < -0.3 is 70.3 Å². The van der Waals surface area contributed by atoms with Gasteiger partial charge in [0.05, 0.1) is 19.3 Å². The number of allylic oxidation sites excluding steroid dienone is 2. The van der Waals surface area contributed by atoms with Gasteiger partial charge in [-0.1, -0.05) is 109 Å². The highest BCUT2D eigenvalue weighted by atomic mass is 16.5. The van der Waals surface area contributed by atoms with Crippen LogP contribution in [0.2, 0.25) is 0 Å². The first-order valence-electron chi connectivity index (χ1n) is 34.5. The molecule has 2 saturated heterocycles. The van der Waals surface area contributed by atoms with Gasteiger partial charge in [-0.2, -0.15) is 0 Å². The van der Waals surface area contributed by atoms with E-state index < -0.39 is 155 Å². The number of nitrogens with zero attached hydrogens (tertiary/aromatic N) is 9. The summed E-state index contributed by atoms with van der Waals surface area (Å²) in [6.45, 7) is 32.5. The summed E-state index contributed by atoms with van der Waals surface area (Å²) in [7, 11) is 11.9. The second-order valence-electron chi connectivity index (χ2n) is 29.2. The number of nitrogens with one attached hydrogen (secondary N) is 4. The number of piperazine rings is 1. The third kappa shape index (κ3) is 23.2. The summed E-state index contributed by atoms with van der Waals surface area (Å²) >= 11 is 0. The van der Waals surface area contributed by atoms with E-state index in [0.717, 1.165) is 22.9 Å². The predicted molar refractivity (Wildman–Crippen MR) is 367 cm³/mol. The molecule has 0 aliphatic carbocycles. The van der Waals surface area contributed by atoms with E-state index in [9.17, 15) is 38.7 Å². The quantitative estimate of drug-likeness (QED) is 0.116. The van der Waals surface area contributed by atoms with Crippen LogP contribution in [0.25, 0.3) is 0 Å². The molecular weight excluding hydrogens is 1220 g/mol. The van der Waals surface area contributed by atoms with Gasteiger partial charge in [0, 0.05) is 88.0 Å². The van der Waals surface area contributed by atoms with Crippen LogP contribution in [0.5, 0.6) is 0 Å². The molecule has 0 spiro atoms. The maximum atomic E-state index is 16.2. The molecule has 2 rings (SSSR count). The van der Waals surface area contributed by atoms with Crippen molar-refractivity contribution in [2.45, 2.75) is 222 Å². The van der Waals surface area contributed by atoms with Crippen LogP contribution < -0.4 is 21.3 Å². The summed E-state index contributed by atoms with van der Waals surface area (Å²) in [6, 6.07) is -11.5. The molecule has 0 bridgehead atoms. The van der Waals surface area contributed by atoms with E-state index in [2.05, 4.69) is 31.1 Å². The molecule has 0 saturated carbocycles. The summed E-state index contributed by atoms with van der Waals surface area (Å²) in [5, 5.41) is 23.6. The van der Waals surface area contributed by atoms with Crippen molar-refractivity contribution in [2.24, 2.45) is 41.4 Å². The SMILES string of the molecule is C/C=C/C[C@@H](C)[C@@H](O)[C@H]1C(=O)N[C@@H](CC)C(=O)N(C)CC(=O)N(C)[C@@H](CC(C)C)C(=O)N[C@@H](C(C)C)C(=O)N(C)[C@@H](CC(C)C)C(=O)N[C@@H](C)C(=O)N[C@H](C)C(=O)N(C)[C@@H](CC(C)C)C(=O)N(C)[C@@H](CC(C)C)C(=O)N(C)[C@](OCCN2CCN(C)CC2)(C(C)C)C(=O)N1C. The van der Waals surface area contributed by atoms with Gasteiger partial charge in [-0.05, 0) is 102 Å². The van der Waals surface area contributed by atoms with Crippen LogP contribution in [0.3, 0.4) is 0 Å². The van der Waals surface area contributed by atoms with Gasteiger partial charge >= 0.3 is 0 Å². The number of aliphatic hydroxyl groups excluding tert-OH is 1. The minimum atomic E-state index is -2.23. The van der Waals surface area contributed by atoms with Gasteiger partial charge in [0.25, 0.3) is 5.91 Å². The highest BCUT2D eigenvalue weighted by molar-refractivity contribution is 6.00. The lowest BCUT2D eigenvalue weighted by atomic mass is 9.89. The molecule has 2 aliphatic heterocycles. The zero-order valence-electron chi connectivity index (χ0n) is 62.5. The van der Waals surface area contributed by atoms with Crippen LogP contribution in [0.15, 0.2) is 12.2 Å². The summed E-state index contributed by atoms with van der Waals surface area (Å²) in [5.41, 5.74) is -2.23. The molecule has 2 aliphatic rings. The zero-order chi connectivity index (χ0) is 73.0. The van der Waals surface area contributed by atoms with Crippen molar-refractivity contribution in [3.63, 3.8) is 0 Å². The van der Waals surface area contributed by atoms with Crippen LogP contribution >= 0.6 is 0 Å². The van der Waals surface area contributed by atoms with Crippen LogP contribution in [-0.2, 0) is 57.5 Å². The van der Waals surface area contributed by atoms with Crippen molar-refractivity contribution in [1.29, 1.82) is 0 Å². The zero-order valence-corrected chi connectivity index (χ0v) is 62.5. The smallest absolute Gasteiger partial charge is 0.276 e. The first kappa shape index (κ1) is 84.8. The van der Waals surface area contributed by atoms with Gasteiger partial charge in [-0.15, -0.1) is 0 Å². The maximum Gasteiger partial charge on any atom is 0.276 e. The summed E-state index contributed by atoms with van der Waals surface area (Å²) in [6.07, 6.45) is 2.78. The monoisotopic (exact) mass is 1340 g/mol. The number of likely N-dealkylation sites (N-methyl/N-ethyl adjacent to an activating group) is 8. The highest BCUT2D eigenvalue weighted by Gasteiger charge is 2.55. The Morgan fingerprint density at radius 3 is 1.48 bits per heavy atom. The van der Waals surface area contributed by atoms with E-state index in [0.29, 0.717) is 19.6 Å². The number of rotatable bonds is 19. The number of carbonyl (C=O) groups is 11. The summed E-state index contributed by atoms with van der Waals surface area (Å²) in [5.74, 6) is -10.6. The lowest BCUT2D eigenvalue weighted by Crippen LogP contribution is -2.70. The molecule has 95 heavy (non-hydrogen) atoms.